The fourth-order valence-electron chi connectivity index (χ4n) is 2.01. The molecule has 0 aliphatic carbocycles. The van der Waals surface area contributed by atoms with Gasteiger partial charge in [-0.15, -0.1) is 0 Å². The first-order valence-corrected chi connectivity index (χ1v) is 6.26. The van der Waals surface area contributed by atoms with Crippen molar-refractivity contribution in [2.75, 3.05) is 26.2 Å². The minimum absolute atomic E-state index is 0.329. The van der Waals surface area contributed by atoms with Crippen LogP contribution in [0.15, 0.2) is 0 Å². The van der Waals surface area contributed by atoms with Crippen LogP contribution in [0.5, 0.6) is 0 Å². The topological polar surface area (TPSA) is 44.4 Å². The van der Waals surface area contributed by atoms with Crippen LogP contribution in [-0.2, 0) is 0 Å². The van der Waals surface area contributed by atoms with Crippen molar-refractivity contribution in [3.8, 4) is 0 Å². The van der Waals surface area contributed by atoms with E-state index in [-0.39, 0.29) is 6.04 Å². The number of nitrogens with one attached hydrogen (secondary N) is 2. The molecule has 0 radical (unpaired) electrons. The van der Waals surface area contributed by atoms with E-state index in [1.165, 1.54) is 0 Å². The number of carbonyl (C=O) groups is 1. The Morgan fingerprint density at radius 2 is 2.00 bits per heavy atom. The van der Waals surface area contributed by atoms with Crippen LogP contribution in [0.4, 0.5) is 18.0 Å². The summed E-state index contributed by atoms with van der Waals surface area (Å²) in [6.45, 7) is 2.39. The molecule has 0 aromatic carbocycles. The van der Waals surface area contributed by atoms with Crippen molar-refractivity contribution in [2.45, 2.75) is 38.4 Å². The predicted octanol–water partition coefficient (Wildman–Crippen LogP) is 1.72. The largest absolute Gasteiger partial charge is 0.406 e. The summed E-state index contributed by atoms with van der Waals surface area (Å²) in [7, 11) is 0. The molecule has 0 saturated carbocycles. The summed E-state index contributed by atoms with van der Waals surface area (Å²) in [4.78, 5) is 12.7. The average Bonchev–Trinajstić information content (AvgIpc) is 2.33. The second kappa shape index (κ2) is 6.82. The van der Waals surface area contributed by atoms with Crippen molar-refractivity contribution >= 4 is 6.03 Å². The number of nitrogens with zero attached hydrogens (tertiary/aromatic N) is 1. The molecule has 106 valence electrons. The molecule has 0 aromatic rings. The number of alkyl halides is 3. The standard InChI is InChI=1S/C11H20F3N3O/c1-2-5-16-10(18)17(8-11(12,13)14)9-3-6-15-7-4-9/h9,15H,2-8H2,1H3,(H,16,18). The molecule has 2 amide bonds. The molecular formula is C11H20F3N3O. The van der Waals surface area contributed by atoms with Gasteiger partial charge in [0.25, 0.3) is 0 Å². The van der Waals surface area contributed by atoms with E-state index < -0.39 is 18.8 Å². The van der Waals surface area contributed by atoms with E-state index in [9.17, 15) is 18.0 Å². The number of halogens is 3. The summed E-state index contributed by atoms with van der Waals surface area (Å²) in [5, 5.41) is 5.59. The highest BCUT2D eigenvalue weighted by Crippen LogP contribution is 2.21. The van der Waals surface area contributed by atoms with E-state index in [0.717, 1.165) is 4.90 Å². The van der Waals surface area contributed by atoms with E-state index in [1.54, 1.807) is 0 Å². The van der Waals surface area contributed by atoms with Gasteiger partial charge in [-0.05, 0) is 32.4 Å². The summed E-state index contributed by atoms with van der Waals surface area (Å²) in [5.41, 5.74) is 0. The first kappa shape index (κ1) is 15.1. The molecule has 1 aliphatic heterocycles. The van der Waals surface area contributed by atoms with Gasteiger partial charge in [-0.3, -0.25) is 0 Å². The molecule has 18 heavy (non-hydrogen) atoms. The molecule has 0 aromatic heterocycles. The van der Waals surface area contributed by atoms with Gasteiger partial charge in [0, 0.05) is 12.6 Å². The maximum atomic E-state index is 12.5. The lowest BCUT2D eigenvalue weighted by molar-refractivity contribution is -0.144. The minimum atomic E-state index is -4.35. The number of hydrogen-bond acceptors (Lipinski definition) is 2. The zero-order valence-corrected chi connectivity index (χ0v) is 10.5. The molecule has 1 saturated heterocycles. The molecule has 0 unspecified atom stereocenters. The summed E-state index contributed by atoms with van der Waals surface area (Å²) in [5.74, 6) is 0. The van der Waals surface area contributed by atoms with Crippen LogP contribution in [0, 0.1) is 0 Å². The highest BCUT2D eigenvalue weighted by molar-refractivity contribution is 5.74. The predicted molar refractivity (Wildman–Crippen MR) is 62.3 cm³/mol. The number of carbonyl (C=O) groups excluding carboxylic acids is 1. The number of hydrogen-bond donors (Lipinski definition) is 2. The monoisotopic (exact) mass is 267 g/mol. The Morgan fingerprint density at radius 3 is 2.50 bits per heavy atom. The Labute approximate surface area is 105 Å². The van der Waals surface area contributed by atoms with Gasteiger partial charge < -0.3 is 15.5 Å². The third-order valence-electron chi connectivity index (χ3n) is 2.89. The first-order valence-electron chi connectivity index (χ1n) is 6.26. The van der Waals surface area contributed by atoms with Crippen LogP contribution in [0.3, 0.4) is 0 Å². The smallest absolute Gasteiger partial charge is 0.338 e. The number of piperidine rings is 1. The van der Waals surface area contributed by atoms with Crippen molar-refractivity contribution in [3.05, 3.63) is 0 Å². The third-order valence-corrected chi connectivity index (χ3v) is 2.89. The average molecular weight is 267 g/mol. The van der Waals surface area contributed by atoms with E-state index in [1.807, 2.05) is 6.92 Å². The van der Waals surface area contributed by atoms with Crippen LogP contribution in [0.1, 0.15) is 26.2 Å². The molecule has 4 nitrogen and oxygen atoms in total. The molecule has 2 N–H and O–H groups in total. The maximum absolute atomic E-state index is 12.5. The summed E-state index contributed by atoms with van der Waals surface area (Å²) in [6, 6.07) is -0.939. The van der Waals surface area contributed by atoms with Crippen molar-refractivity contribution in [2.24, 2.45) is 0 Å². The Hall–Kier alpha value is -0.980. The zero-order chi connectivity index (χ0) is 13.6. The molecule has 1 fully saturated rings. The fourth-order valence-corrected chi connectivity index (χ4v) is 2.01. The van der Waals surface area contributed by atoms with Crippen molar-refractivity contribution in [3.63, 3.8) is 0 Å². The number of urea groups is 1. The molecular weight excluding hydrogens is 247 g/mol. The summed E-state index contributed by atoms with van der Waals surface area (Å²) >= 11 is 0. The van der Waals surface area contributed by atoms with E-state index in [0.29, 0.717) is 38.9 Å². The van der Waals surface area contributed by atoms with Crippen molar-refractivity contribution in [1.82, 2.24) is 15.5 Å². The SMILES string of the molecule is CCCNC(=O)N(CC(F)(F)F)C1CCNCC1. The third kappa shape index (κ3) is 5.12. The molecule has 0 spiro atoms. The normalized spacial score (nSPS) is 17.6. The highest BCUT2D eigenvalue weighted by Gasteiger charge is 2.36. The van der Waals surface area contributed by atoms with Crippen molar-refractivity contribution < 1.29 is 18.0 Å². The highest BCUT2D eigenvalue weighted by atomic mass is 19.4. The van der Waals surface area contributed by atoms with Crippen LogP contribution in [-0.4, -0.2) is 49.3 Å². The molecule has 1 aliphatic rings. The lowest BCUT2D eigenvalue weighted by atomic mass is 10.1. The van der Waals surface area contributed by atoms with E-state index in [2.05, 4.69) is 10.6 Å². The van der Waals surface area contributed by atoms with Gasteiger partial charge in [-0.25, -0.2) is 4.79 Å². The van der Waals surface area contributed by atoms with Gasteiger partial charge >= 0.3 is 12.2 Å². The summed E-state index contributed by atoms with van der Waals surface area (Å²) < 4.78 is 37.5. The molecule has 1 rings (SSSR count). The Bertz CT molecular complexity index is 265. The minimum Gasteiger partial charge on any atom is -0.338 e. The van der Waals surface area contributed by atoms with Crippen LogP contribution < -0.4 is 10.6 Å². The fraction of sp³-hybridized carbons (Fsp3) is 0.909. The molecule has 0 bridgehead atoms. The van der Waals surface area contributed by atoms with E-state index >= 15 is 0 Å². The zero-order valence-electron chi connectivity index (χ0n) is 10.5. The van der Waals surface area contributed by atoms with E-state index in [4.69, 9.17) is 0 Å². The van der Waals surface area contributed by atoms with Crippen molar-refractivity contribution in [1.29, 1.82) is 0 Å². The second-order valence-electron chi connectivity index (χ2n) is 4.46. The lowest BCUT2D eigenvalue weighted by Crippen LogP contribution is -2.53. The van der Waals surface area contributed by atoms with Gasteiger partial charge in [-0.1, -0.05) is 6.92 Å². The summed E-state index contributed by atoms with van der Waals surface area (Å²) in [6.07, 6.45) is -2.52. The molecule has 1 heterocycles. The quantitative estimate of drug-likeness (QED) is 0.814. The van der Waals surface area contributed by atoms with Crippen LogP contribution >= 0.6 is 0 Å². The Kier molecular flexibility index (Phi) is 5.71. The van der Waals surface area contributed by atoms with Gasteiger partial charge in [0.1, 0.15) is 6.54 Å². The van der Waals surface area contributed by atoms with Crippen LogP contribution in [0.2, 0.25) is 0 Å². The van der Waals surface area contributed by atoms with Gasteiger partial charge in [0.15, 0.2) is 0 Å². The van der Waals surface area contributed by atoms with Gasteiger partial charge in [-0.2, -0.15) is 13.2 Å². The Morgan fingerprint density at radius 1 is 1.39 bits per heavy atom. The Balaban J connectivity index is 2.63. The van der Waals surface area contributed by atoms with Gasteiger partial charge in [0.2, 0.25) is 0 Å². The number of amides is 2. The number of rotatable bonds is 4. The lowest BCUT2D eigenvalue weighted by Gasteiger charge is -2.35. The second-order valence-corrected chi connectivity index (χ2v) is 4.46. The maximum Gasteiger partial charge on any atom is 0.406 e. The van der Waals surface area contributed by atoms with Gasteiger partial charge in [0.05, 0.1) is 0 Å². The molecule has 0 atom stereocenters. The first-order chi connectivity index (χ1) is 8.44. The van der Waals surface area contributed by atoms with Crippen LogP contribution in [0.25, 0.3) is 0 Å². The molecule has 7 heteroatoms.